The van der Waals surface area contributed by atoms with Crippen LogP contribution in [0.1, 0.15) is 25.3 Å². The summed E-state index contributed by atoms with van der Waals surface area (Å²) in [5.41, 5.74) is 1.77. The van der Waals surface area contributed by atoms with Crippen LogP contribution < -0.4 is 10.1 Å². The maximum absolute atomic E-state index is 12.1. The molecule has 116 valence electrons. The first kappa shape index (κ1) is 16.4. The van der Waals surface area contributed by atoms with E-state index >= 15 is 0 Å². The van der Waals surface area contributed by atoms with Gasteiger partial charge in [0.15, 0.2) is 0 Å². The normalized spacial score (nSPS) is 10.3. The lowest BCUT2D eigenvalue weighted by molar-refractivity contribution is -0.116. The fourth-order valence-corrected chi connectivity index (χ4v) is 2.28. The van der Waals surface area contributed by atoms with Crippen molar-refractivity contribution in [2.75, 3.05) is 11.9 Å². The number of ether oxygens (including phenoxy) is 1. The van der Waals surface area contributed by atoms with Gasteiger partial charge in [-0.25, -0.2) is 0 Å². The highest BCUT2D eigenvalue weighted by Crippen LogP contribution is 2.24. The van der Waals surface area contributed by atoms with Crippen molar-refractivity contribution in [2.24, 2.45) is 0 Å². The number of benzene rings is 2. The molecule has 0 aromatic heterocycles. The number of carbonyl (C=O) groups excluding carboxylic acids is 1. The zero-order valence-electron chi connectivity index (χ0n) is 12.6. The molecule has 0 atom stereocenters. The summed E-state index contributed by atoms with van der Waals surface area (Å²) in [6, 6.07) is 15.1. The molecule has 3 nitrogen and oxygen atoms in total. The highest BCUT2D eigenvalue weighted by Gasteiger charge is 2.08. The van der Waals surface area contributed by atoms with Crippen LogP contribution in [-0.4, -0.2) is 12.5 Å². The average molecular weight is 318 g/mol. The largest absolute Gasteiger partial charge is 0.491 e. The summed E-state index contributed by atoms with van der Waals surface area (Å²) in [6.07, 6.45) is 1.99. The van der Waals surface area contributed by atoms with Gasteiger partial charge in [-0.15, -0.1) is 0 Å². The minimum Gasteiger partial charge on any atom is -0.491 e. The van der Waals surface area contributed by atoms with Crippen LogP contribution in [0.4, 0.5) is 5.69 Å². The number of hydrogen-bond donors (Lipinski definition) is 1. The molecule has 0 bridgehead atoms. The molecule has 2 rings (SSSR count). The Bertz CT molecular complexity index is 628. The van der Waals surface area contributed by atoms with Crippen LogP contribution in [0.5, 0.6) is 5.75 Å². The molecule has 0 spiro atoms. The Labute approximate surface area is 136 Å². The van der Waals surface area contributed by atoms with Gasteiger partial charge in [0.05, 0.1) is 12.3 Å². The molecule has 2 aromatic carbocycles. The van der Waals surface area contributed by atoms with E-state index in [9.17, 15) is 4.79 Å². The van der Waals surface area contributed by atoms with Crippen molar-refractivity contribution in [1.82, 2.24) is 0 Å². The van der Waals surface area contributed by atoms with Gasteiger partial charge in [0.2, 0.25) is 5.91 Å². The maximum Gasteiger partial charge on any atom is 0.224 e. The third-order valence-corrected chi connectivity index (χ3v) is 3.39. The van der Waals surface area contributed by atoms with Crippen molar-refractivity contribution in [3.8, 4) is 5.75 Å². The minimum absolute atomic E-state index is 0.0347. The van der Waals surface area contributed by atoms with Gasteiger partial charge in [-0.2, -0.15) is 0 Å². The summed E-state index contributed by atoms with van der Waals surface area (Å²) in [7, 11) is 0. The number of anilines is 1. The third-order valence-electron chi connectivity index (χ3n) is 3.15. The predicted molar refractivity (Wildman–Crippen MR) is 90.6 cm³/mol. The SMILES string of the molecule is CCCOc1ccccc1NC(=O)CCc1cccc(Cl)c1. The molecule has 1 N–H and O–H groups in total. The van der Waals surface area contributed by atoms with Gasteiger partial charge in [0.25, 0.3) is 0 Å². The van der Waals surface area contributed by atoms with E-state index in [0.29, 0.717) is 35.9 Å². The first-order valence-electron chi connectivity index (χ1n) is 7.45. The van der Waals surface area contributed by atoms with Gasteiger partial charge < -0.3 is 10.1 Å². The molecule has 0 radical (unpaired) electrons. The quantitative estimate of drug-likeness (QED) is 0.803. The number of para-hydroxylation sites is 2. The molecule has 1 amide bonds. The second kappa shape index (κ2) is 8.44. The van der Waals surface area contributed by atoms with Crippen LogP contribution in [-0.2, 0) is 11.2 Å². The number of nitrogens with one attached hydrogen (secondary N) is 1. The molecule has 0 aliphatic carbocycles. The van der Waals surface area contributed by atoms with Crippen LogP contribution in [0.25, 0.3) is 0 Å². The Kier molecular flexibility index (Phi) is 6.28. The van der Waals surface area contributed by atoms with Crippen molar-refractivity contribution < 1.29 is 9.53 Å². The van der Waals surface area contributed by atoms with Crippen molar-refractivity contribution in [3.63, 3.8) is 0 Å². The van der Waals surface area contributed by atoms with Gasteiger partial charge in [0, 0.05) is 11.4 Å². The van der Waals surface area contributed by atoms with Crippen LogP contribution in [0.2, 0.25) is 5.02 Å². The highest BCUT2D eigenvalue weighted by molar-refractivity contribution is 6.30. The van der Waals surface area contributed by atoms with Gasteiger partial charge in [-0.05, 0) is 42.7 Å². The molecule has 0 aliphatic rings. The molecular formula is C18H20ClNO2. The van der Waals surface area contributed by atoms with Crippen molar-refractivity contribution >= 4 is 23.2 Å². The first-order chi connectivity index (χ1) is 10.7. The minimum atomic E-state index is -0.0347. The molecule has 0 fully saturated rings. The Hall–Kier alpha value is -2.00. The third kappa shape index (κ3) is 5.08. The summed E-state index contributed by atoms with van der Waals surface area (Å²) < 4.78 is 5.63. The van der Waals surface area contributed by atoms with Crippen LogP contribution >= 0.6 is 11.6 Å². The number of carbonyl (C=O) groups is 1. The number of amides is 1. The molecule has 4 heteroatoms. The standard InChI is InChI=1S/C18H20ClNO2/c1-2-12-22-17-9-4-3-8-16(17)20-18(21)11-10-14-6-5-7-15(19)13-14/h3-9,13H,2,10-12H2,1H3,(H,20,21). The fourth-order valence-electron chi connectivity index (χ4n) is 2.07. The maximum atomic E-state index is 12.1. The van der Waals surface area contributed by atoms with E-state index in [2.05, 4.69) is 5.32 Å². The molecule has 0 unspecified atom stereocenters. The summed E-state index contributed by atoms with van der Waals surface area (Å²) in [5, 5.41) is 3.60. The van der Waals surface area contributed by atoms with Gasteiger partial charge in [-0.3, -0.25) is 4.79 Å². The van der Waals surface area contributed by atoms with Crippen molar-refractivity contribution in [1.29, 1.82) is 0 Å². The highest BCUT2D eigenvalue weighted by atomic mass is 35.5. The van der Waals surface area contributed by atoms with Crippen LogP contribution in [0.15, 0.2) is 48.5 Å². The Morgan fingerprint density at radius 3 is 2.77 bits per heavy atom. The van der Waals surface area contributed by atoms with Crippen LogP contribution in [0, 0.1) is 0 Å². The van der Waals surface area contributed by atoms with E-state index in [-0.39, 0.29) is 5.91 Å². The number of aryl methyl sites for hydroxylation is 1. The van der Waals surface area contributed by atoms with E-state index in [0.717, 1.165) is 12.0 Å². The molecule has 22 heavy (non-hydrogen) atoms. The summed E-state index contributed by atoms with van der Waals surface area (Å²) in [6.45, 7) is 2.68. The lowest BCUT2D eigenvalue weighted by Crippen LogP contribution is -2.13. The fraction of sp³-hybridized carbons (Fsp3) is 0.278. The summed E-state index contributed by atoms with van der Waals surface area (Å²) >= 11 is 5.94. The summed E-state index contributed by atoms with van der Waals surface area (Å²) in [4.78, 5) is 12.1. The molecular weight excluding hydrogens is 298 g/mol. The Morgan fingerprint density at radius 1 is 1.18 bits per heavy atom. The predicted octanol–water partition coefficient (Wildman–Crippen LogP) is 4.70. The second-order valence-electron chi connectivity index (χ2n) is 5.02. The van der Waals surface area contributed by atoms with E-state index in [4.69, 9.17) is 16.3 Å². The zero-order chi connectivity index (χ0) is 15.8. The van der Waals surface area contributed by atoms with Gasteiger partial charge in [0.1, 0.15) is 5.75 Å². The first-order valence-corrected chi connectivity index (χ1v) is 7.83. The lowest BCUT2D eigenvalue weighted by atomic mass is 10.1. The average Bonchev–Trinajstić information content (AvgIpc) is 2.52. The summed E-state index contributed by atoms with van der Waals surface area (Å²) in [5.74, 6) is 0.674. The topological polar surface area (TPSA) is 38.3 Å². The Morgan fingerprint density at radius 2 is 2.00 bits per heavy atom. The molecule has 2 aromatic rings. The van der Waals surface area contributed by atoms with Crippen molar-refractivity contribution in [2.45, 2.75) is 26.2 Å². The van der Waals surface area contributed by atoms with E-state index in [1.165, 1.54) is 0 Å². The van der Waals surface area contributed by atoms with E-state index in [1.54, 1.807) is 0 Å². The molecule has 0 heterocycles. The van der Waals surface area contributed by atoms with E-state index < -0.39 is 0 Å². The van der Waals surface area contributed by atoms with Gasteiger partial charge >= 0.3 is 0 Å². The van der Waals surface area contributed by atoms with E-state index in [1.807, 2.05) is 55.5 Å². The van der Waals surface area contributed by atoms with Crippen LogP contribution in [0.3, 0.4) is 0 Å². The lowest BCUT2D eigenvalue weighted by Gasteiger charge is -2.12. The molecule has 0 saturated carbocycles. The Balaban J connectivity index is 1.92. The number of hydrogen-bond acceptors (Lipinski definition) is 2. The number of rotatable bonds is 7. The zero-order valence-corrected chi connectivity index (χ0v) is 13.4. The second-order valence-corrected chi connectivity index (χ2v) is 5.46. The van der Waals surface area contributed by atoms with Crippen molar-refractivity contribution in [3.05, 3.63) is 59.1 Å². The monoisotopic (exact) mass is 317 g/mol. The number of halogens is 1. The molecule has 0 aliphatic heterocycles. The molecule has 0 saturated heterocycles. The smallest absolute Gasteiger partial charge is 0.224 e. The van der Waals surface area contributed by atoms with Gasteiger partial charge in [-0.1, -0.05) is 42.8 Å².